The molecule has 1 aliphatic heterocycles. The van der Waals surface area contributed by atoms with Gasteiger partial charge in [0.2, 0.25) is 0 Å². The van der Waals surface area contributed by atoms with Gasteiger partial charge in [0.25, 0.3) is 0 Å². The predicted molar refractivity (Wildman–Crippen MR) is 75.4 cm³/mol. The van der Waals surface area contributed by atoms with Crippen LogP contribution in [0.4, 0.5) is 0 Å². The molecule has 1 fully saturated rings. The predicted octanol–water partition coefficient (Wildman–Crippen LogP) is 1.51. The molecule has 1 saturated heterocycles. The standard InChI is InChI=1S/C14H31N3/c1-14(2)12-17(9-6-8-16(4)5)10-7-13(14)11-15-3/h13,15H,6-12H2,1-5H3. The van der Waals surface area contributed by atoms with Gasteiger partial charge in [-0.25, -0.2) is 0 Å². The van der Waals surface area contributed by atoms with Gasteiger partial charge < -0.3 is 15.1 Å². The largest absolute Gasteiger partial charge is 0.319 e. The second-order valence-electron chi connectivity index (χ2n) is 6.46. The molecule has 0 aliphatic carbocycles. The van der Waals surface area contributed by atoms with Crippen LogP contribution in [0.25, 0.3) is 0 Å². The van der Waals surface area contributed by atoms with Gasteiger partial charge in [0, 0.05) is 6.54 Å². The number of rotatable bonds is 6. The van der Waals surface area contributed by atoms with Gasteiger partial charge in [0.15, 0.2) is 0 Å². The molecule has 1 unspecified atom stereocenters. The molecular formula is C14H31N3. The third-order valence-corrected chi connectivity index (χ3v) is 4.06. The summed E-state index contributed by atoms with van der Waals surface area (Å²) >= 11 is 0. The van der Waals surface area contributed by atoms with Crippen LogP contribution in [0.3, 0.4) is 0 Å². The summed E-state index contributed by atoms with van der Waals surface area (Å²) in [4.78, 5) is 4.93. The first-order chi connectivity index (χ1) is 7.95. The number of nitrogens with one attached hydrogen (secondary N) is 1. The van der Waals surface area contributed by atoms with Crippen molar-refractivity contribution in [2.75, 3.05) is 53.9 Å². The number of hydrogen-bond acceptors (Lipinski definition) is 3. The molecule has 1 heterocycles. The zero-order valence-corrected chi connectivity index (χ0v) is 12.4. The van der Waals surface area contributed by atoms with Gasteiger partial charge in [-0.15, -0.1) is 0 Å². The Morgan fingerprint density at radius 3 is 2.59 bits per heavy atom. The SMILES string of the molecule is CNCC1CCN(CCCN(C)C)CC1(C)C. The maximum atomic E-state index is 3.34. The minimum absolute atomic E-state index is 0.458. The Bertz CT molecular complexity index is 214. The summed E-state index contributed by atoms with van der Waals surface area (Å²) in [5.41, 5.74) is 0.458. The fraction of sp³-hybridized carbons (Fsp3) is 1.00. The number of nitrogens with zero attached hydrogens (tertiary/aromatic N) is 2. The Morgan fingerprint density at radius 1 is 1.35 bits per heavy atom. The summed E-state index contributed by atoms with van der Waals surface area (Å²) in [6, 6.07) is 0. The van der Waals surface area contributed by atoms with Crippen LogP contribution in [-0.4, -0.2) is 63.7 Å². The molecule has 1 atom stereocenters. The quantitative estimate of drug-likeness (QED) is 0.760. The Morgan fingerprint density at radius 2 is 2.06 bits per heavy atom. The van der Waals surface area contributed by atoms with Crippen molar-refractivity contribution in [2.45, 2.75) is 26.7 Å². The topological polar surface area (TPSA) is 18.5 Å². The Kier molecular flexibility index (Phi) is 5.90. The van der Waals surface area contributed by atoms with Gasteiger partial charge in [-0.3, -0.25) is 0 Å². The molecule has 1 rings (SSSR count). The maximum Gasteiger partial charge on any atom is 0.00358 e. The highest BCUT2D eigenvalue weighted by atomic mass is 15.1. The Balaban J connectivity index is 2.33. The lowest BCUT2D eigenvalue weighted by atomic mass is 9.74. The van der Waals surface area contributed by atoms with E-state index in [4.69, 9.17) is 0 Å². The first-order valence-corrected chi connectivity index (χ1v) is 6.97. The smallest absolute Gasteiger partial charge is 0.00358 e. The Labute approximate surface area is 108 Å². The van der Waals surface area contributed by atoms with Crippen molar-refractivity contribution in [3.8, 4) is 0 Å². The summed E-state index contributed by atoms with van der Waals surface area (Å²) in [5.74, 6) is 0.831. The van der Waals surface area contributed by atoms with E-state index >= 15 is 0 Å². The van der Waals surface area contributed by atoms with E-state index in [0.717, 1.165) is 5.92 Å². The second kappa shape index (κ2) is 6.72. The molecule has 1 N–H and O–H groups in total. The third-order valence-electron chi connectivity index (χ3n) is 4.06. The monoisotopic (exact) mass is 241 g/mol. The average Bonchev–Trinajstić information content (AvgIpc) is 2.21. The van der Waals surface area contributed by atoms with Gasteiger partial charge in [-0.05, 0) is 71.5 Å². The summed E-state index contributed by atoms with van der Waals surface area (Å²) in [6.07, 6.45) is 2.63. The molecule has 0 saturated carbocycles. The van der Waals surface area contributed by atoms with E-state index in [-0.39, 0.29) is 0 Å². The van der Waals surface area contributed by atoms with Crippen LogP contribution in [0.15, 0.2) is 0 Å². The molecule has 0 aromatic rings. The van der Waals surface area contributed by atoms with Gasteiger partial charge in [0.05, 0.1) is 0 Å². The van der Waals surface area contributed by atoms with Crippen LogP contribution in [0.2, 0.25) is 0 Å². The highest BCUT2D eigenvalue weighted by Gasteiger charge is 2.34. The highest BCUT2D eigenvalue weighted by molar-refractivity contribution is 4.87. The minimum Gasteiger partial charge on any atom is -0.319 e. The van der Waals surface area contributed by atoms with Crippen LogP contribution in [0, 0.1) is 11.3 Å². The molecule has 3 nitrogen and oxygen atoms in total. The van der Waals surface area contributed by atoms with E-state index in [2.05, 4.69) is 50.1 Å². The normalized spacial score (nSPS) is 25.4. The molecular weight excluding hydrogens is 210 g/mol. The zero-order valence-electron chi connectivity index (χ0n) is 12.4. The molecule has 102 valence electrons. The van der Waals surface area contributed by atoms with Crippen molar-refractivity contribution in [1.82, 2.24) is 15.1 Å². The van der Waals surface area contributed by atoms with Crippen LogP contribution in [-0.2, 0) is 0 Å². The van der Waals surface area contributed by atoms with Crippen LogP contribution >= 0.6 is 0 Å². The van der Waals surface area contributed by atoms with Gasteiger partial charge in [-0.2, -0.15) is 0 Å². The highest BCUT2D eigenvalue weighted by Crippen LogP contribution is 2.34. The van der Waals surface area contributed by atoms with Crippen LogP contribution < -0.4 is 5.32 Å². The van der Waals surface area contributed by atoms with Crippen molar-refractivity contribution >= 4 is 0 Å². The van der Waals surface area contributed by atoms with Crippen LogP contribution in [0.5, 0.6) is 0 Å². The fourth-order valence-electron chi connectivity index (χ4n) is 2.94. The van der Waals surface area contributed by atoms with E-state index < -0.39 is 0 Å². The summed E-state index contributed by atoms with van der Waals surface area (Å²) in [5, 5.41) is 3.34. The van der Waals surface area contributed by atoms with Crippen molar-refractivity contribution < 1.29 is 0 Å². The van der Waals surface area contributed by atoms with E-state index in [1.54, 1.807) is 0 Å². The van der Waals surface area contributed by atoms with Crippen molar-refractivity contribution in [3.63, 3.8) is 0 Å². The molecule has 3 heteroatoms. The van der Waals surface area contributed by atoms with E-state index in [1.165, 1.54) is 45.6 Å². The van der Waals surface area contributed by atoms with E-state index in [1.807, 2.05) is 0 Å². The van der Waals surface area contributed by atoms with Crippen molar-refractivity contribution in [3.05, 3.63) is 0 Å². The first kappa shape index (κ1) is 14.9. The summed E-state index contributed by atoms with van der Waals surface area (Å²) in [6.45, 7) is 11.0. The molecule has 0 radical (unpaired) electrons. The lowest BCUT2D eigenvalue weighted by Gasteiger charge is -2.44. The fourth-order valence-corrected chi connectivity index (χ4v) is 2.94. The van der Waals surface area contributed by atoms with E-state index in [0.29, 0.717) is 5.41 Å². The first-order valence-electron chi connectivity index (χ1n) is 6.97. The van der Waals surface area contributed by atoms with E-state index in [9.17, 15) is 0 Å². The van der Waals surface area contributed by atoms with Gasteiger partial charge in [-0.1, -0.05) is 13.8 Å². The Hall–Kier alpha value is -0.120. The second-order valence-corrected chi connectivity index (χ2v) is 6.46. The molecule has 0 spiro atoms. The minimum atomic E-state index is 0.458. The summed E-state index contributed by atoms with van der Waals surface area (Å²) < 4.78 is 0. The molecule has 0 bridgehead atoms. The summed E-state index contributed by atoms with van der Waals surface area (Å²) in [7, 11) is 6.38. The average molecular weight is 241 g/mol. The number of likely N-dealkylation sites (tertiary alicyclic amines) is 1. The zero-order chi connectivity index (χ0) is 12.9. The van der Waals surface area contributed by atoms with Crippen molar-refractivity contribution in [2.24, 2.45) is 11.3 Å². The van der Waals surface area contributed by atoms with Crippen LogP contribution in [0.1, 0.15) is 26.7 Å². The lowest BCUT2D eigenvalue weighted by Crippen LogP contribution is -2.48. The number of piperidine rings is 1. The third kappa shape index (κ3) is 4.94. The van der Waals surface area contributed by atoms with Gasteiger partial charge >= 0.3 is 0 Å². The van der Waals surface area contributed by atoms with Crippen molar-refractivity contribution in [1.29, 1.82) is 0 Å². The molecule has 17 heavy (non-hydrogen) atoms. The van der Waals surface area contributed by atoms with Gasteiger partial charge in [0.1, 0.15) is 0 Å². The lowest BCUT2D eigenvalue weighted by molar-refractivity contribution is 0.0543. The number of hydrogen-bond donors (Lipinski definition) is 1. The molecule has 0 aromatic heterocycles. The molecule has 1 aliphatic rings. The molecule has 0 amide bonds. The molecule has 0 aromatic carbocycles. The maximum absolute atomic E-state index is 3.34.